The topological polar surface area (TPSA) is 61.4 Å². The van der Waals surface area contributed by atoms with Crippen LogP contribution in [-0.2, 0) is 30.1 Å². The SMILES string of the molecule is O=[S@@]1CCc2nc(N3CC4CN(c5ccc6c(c5)CC6)CC4C3)nc(Nc3cccc(S(F)(F)(F)(F)F)c3)c21. The molecule has 2 fully saturated rings. The van der Waals surface area contributed by atoms with E-state index < -0.39 is 25.9 Å². The van der Waals surface area contributed by atoms with Gasteiger partial charge in [0.25, 0.3) is 0 Å². The molecule has 39 heavy (non-hydrogen) atoms. The van der Waals surface area contributed by atoms with E-state index in [1.807, 2.05) is 0 Å². The van der Waals surface area contributed by atoms with Gasteiger partial charge in [-0.15, -0.1) is 0 Å². The molecular weight excluding hydrogens is 557 g/mol. The molecule has 13 heteroatoms. The number of aromatic nitrogens is 2. The molecule has 1 aliphatic carbocycles. The second-order valence-corrected chi connectivity index (χ2v) is 14.8. The number of halogens is 5. The van der Waals surface area contributed by atoms with Crippen LogP contribution in [0, 0.1) is 11.8 Å². The zero-order chi connectivity index (χ0) is 27.2. The smallest absolute Gasteiger partial charge is 0.310 e. The van der Waals surface area contributed by atoms with E-state index in [9.17, 15) is 23.6 Å². The fourth-order valence-electron chi connectivity index (χ4n) is 6.11. The van der Waals surface area contributed by atoms with E-state index in [1.54, 1.807) is 0 Å². The second-order valence-electron chi connectivity index (χ2n) is 10.9. The van der Waals surface area contributed by atoms with Gasteiger partial charge in [0.15, 0.2) is 5.82 Å². The van der Waals surface area contributed by atoms with E-state index in [2.05, 4.69) is 43.3 Å². The van der Waals surface area contributed by atoms with Gasteiger partial charge in [-0.3, -0.25) is 4.21 Å². The first kappa shape index (κ1) is 25.1. The van der Waals surface area contributed by atoms with Crippen LogP contribution in [-0.4, -0.2) is 46.1 Å². The summed E-state index contributed by atoms with van der Waals surface area (Å²) in [5, 5.41) is 2.75. The van der Waals surface area contributed by atoms with E-state index in [1.165, 1.54) is 22.9 Å². The highest BCUT2D eigenvalue weighted by molar-refractivity contribution is 8.45. The van der Waals surface area contributed by atoms with Gasteiger partial charge in [0.05, 0.1) is 16.5 Å². The molecule has 208 valence electrons. The summed E-state index contributed by atoms with van der Waals surface area (Å²) in [7, 11) is -11.3. The molecule has 4 aliphatic rings. The molecule has 2 aromatic carbocycles. The fraction of sp³-hybridized carbons (Fsp3) is 0.385. The molecule has 0 spiro atoms. The average Bonchev–Trinajstić information content (AvgIpc) is 3.52. The van der Waals surface area contributed by atoms with Crippen LogP contribution in [0.25, 0.3) is 0 Å². The number of benzene rings is 2. The number of hydrogen-bond donors (Lipinski definition) is 1. The number of fused-ring (bicyclic) bond motifs is 3. The minimum Gasteiger partial charge on any atom is -0.371 e. The Hall–Kier alpha value is -2.93. The van der Waals surface area contributed by atoms with Gasteiger partial charge in [-0.05, 0) is 54.3 Å². The van der Waals surface area contributed by atoms with Gasteiger partial charge in [-0.2, -0.15) is 4.98 Å². The Morgan fingerprint density at radius 3 is 2.23 bits per heavy atom. The van der Waals surface area contributed by atoms with Crippen molar-refractivity contribution in [1.82, 2.24) is 9.97 Å². The van der Waals surface area contributed by atoms with E-state index >= 15 is 0 Å². The second kappa shape index (κ2) is 7.84. The molecule has 7 rings (SSSR count). The summed E-state index contributed by atoms with van der Waals surface area (Å²) in [6.45, 7) is 3.29. The fourth-order valence-corrected chi connectivity index (χ4v) is 8.10. The van der Waals surface area contributed by atoms with Crippen molar-refractivity contribution in [2.45, 2.75) is 29.1 Å². The van der Waals surface area contributed by atoms with E-state index in [4.69, 9.17) is 0 Å². The molecule has 3 aromatic rings. The molecular formula is C26H26F5N5OS2. The first-order valence-electron chi connectivity index (χ1n) is 12.8. The van der Waals surface area contributed by atoms with Crippen LogP contribution in [0.2, 0.25) is 0 Å². The average molecular weight is 584 g/mol. The molecule has 3 atom stereocenters. The third-order valence-electron chi connectivity index (χ3n) is 8.21. The van der Waals surface area contributed by atoms with Crippen molar-refractivity contribution < 1.29 is 23.6 Å². The molecule has 0 saturated carbocycles. The third-order valence-corrected chi connectivity index (χ3v) is 10.8. The molecule has 2 unspecified atom stereocenters. The third kappa shape index (κ3) is 4.52. The van der Waals surface area contributed by atoms with Crippen LogP contribution >= 0.6 is 10.2 Å². The summed E-state index contributed by atoms with van der Waals surface area (Å²) in [4.78, 5) is 12.1. The number of nitrogens with zero attached hydrogens (tertiary/aromatic N) is 4. The Kier molecular flexibility index (Phi) is 5.04. The lowest BCUT2D eigenvalue weighted by Crippen LogP contribution is -2.30. The van der Waals surface area contributed by atoms with E-state index in [-0.39, 0.29) is 11.5 Å². The van der Waals surface area contributed by atoms with Crippen molar-refractivity contribution in [1.29, 1.82) is 0 Å². The van der Waals surface area contributed by atoms with E-state index in [0.29, 0.717) is 52.7 Å². The molecule has 0 bridgehead atoms. The van der Waals surface area contributed by atoms with Crippen LogP contribution in [0.3, 0.4) is 0 Å². The molecule has 3 aliphatic heterocycles. The summed E-state index contributed by atoms with van der Waals surface area (Å²) in [5.74, 6) is 1.67. The van der Waals surface area contributed by atoms with Crippen molar-refractivity contribution >= 4 is 44.2 Å². The summed E-state index contributed by atoms with van der Waals surface area (Å²) >= 11 is 0. The standard InChI is InChI=1S/C26H26F5N5OS2/c27-39(28,29,30,31)22-3-1-2-20(11-22)32-25-24-23(8-9-38(24)37)33-26(34-25)36-14-18-12-35(13-19(18)15-36)21-7-6-16-4-5-17(16)10-21/h1-3,6-7,10-11,18-19H,4-5,8-9,12-15H2,(H,32,33,34)/t18?,19?,38-/m1/s1. The Morgan fingerprint density at radius 2 is 1.56 bits per heavy atom. The lowest BCUT2D eigenvalue weighted by atomic mass is 9.88. The van der Waals surface area contributed by atoms with Gasteiger partial charge in [0, 0.05) is 61.6 Å². The highest BCUT2D eigenvalue weighted by Gasteiger charge is 2.65. The Morgan fingerprint density at radius 1 is 0.846 bits per heavy atom. The zero-order valence-electron chi connectivity index (χ0n) is 20.8. The van der Waals surface area contributed by atoms with Crippen molar-refractivity contribution in [3.05, 3.63) is 59.3 Å². The number of hydrogen-bond acceptors (Lipinski definition) is 6. The molecule has 6 nitrogen and oxygen atoms in total. The number of aryl methyl sites for hydroxylation is 3. The molecule has 2 saturated heterocycles. The lowest BCUT2D eigenvalue weighted by molar-refractivity contribution is 0.364. The number of rotatable bonds is 5. The minimum absolute atomic E-state index is 0.103. The predicted molar refractivity (Wildman–Crippen MR) is 143 cm³/mol. The lowest BCUT2D eigenvalue weighted by Gasteiger charge is -2.40. The molecule has 1 N–H and O–H groups in total. The number of nitrogens with one attached hydrogen (secondary N) is 1. The quantitative estimate of drug-likeness (QED) is 0.361. The van der Waals surface area contributed by atoms with Crippen molar-refractivity contribution in [2.75, 3.05) is 47.0 Å². The van der Waals surface area contributed by atoms with Gasteiger partial charge in [0.2, 0.25) is 5.95 Å². The van der Waals surface area contributed by atoms with Crippen LogP contribution < -0.4 is 15.1 Å². The normalized spacial score (nSPS) is 25.4. The first-order chi connectivity index (χ1) is 18.3. The molecule has 1 aromatic heterocycles. The maximum atomic E-state index is 13.4. The maximum absolute atomic E-state index is 13.4. The first-order valence-corrected chi connectivity index (χ1v) is 16.1. The largest absolute Gasteiger partial charge is 0.371 e. The summed E-state index contributed by atoms with van der Waals surface area (Å²) in [6.07, 6.45) is 2.74. The summed E-state index contributed by atoms with van der Waals surface area (Å²) in [5.41, 5.74) is 4.49. The van der Waals surface area contributed by atoms with Gasteiger partial charge in [0.1, 0.15) is 9.79 Å². The Bertz CT molecular complexity index is 1540. The summed E-state index contributed by atoms with van der Waals surface area (Å²) < 4.78 is 79.7. The maximum Gasteiger partial charge on any atom is 0.310 e. The van der Waals surface area contributed by atoms with Gasteiger partial charge in [-0.25, -0.2) is 4.98 Å². The van der Waals surface area contributed by atoms with E-state index in [0.717, 1.165) is 45.1 Å². The molecule has 0 amide bonds. The van der Waals surface area contributed by atoms with Crippen LogP contribution in [0.1, 0.15) is 16.8 Å². The Balaban J connectivity index is 1.14. The summed E-state index contributed by atoms with van der Waals surface area (Å²) in [6, 6.07) is 9.62. The minimum atomic E-state index is -9.86. The predicted octanol–water partition coefficient (Wildman–Crippen LogP) is 6.21. The van der Waals surface area contributed by atoms with Crippen molar-refractivity contribution in [3.8, 4) is 0 Å². The van der Waals surface area contributed by atoms with Crippen molar-refractivity contribution in [2.24, 2.45) is 11.8 Å². The van der Waals surface area contributed by atoms with Crippen LogP contribution in [0.4, 0.5) is 42.6 Å². The monoisotopic (exact) mass is 583 g/mol. The highest BCUT2D eigenvalue weighted by atomic mass is 32.5. The van der Waals surface area contributed by atoms with Crippen molar-refractivity contribution in [3.63, 3.8) is 0 Å². The van der Waals surface area contributed by atoms with Gasteiger partial charge < -0.3 is 15.1 Å². The highest BCUT2D eigenvalue weighted by Crippen LogP contribution is 3.02. The Labute approximate surface area is 224 Å². The molecule has 4 heterocycles. The number of anilines is 4. The molecule has 0 radical (unpaired) electrons. The van der Waals surface area contributed by atoms with Gasteiger partial charge >= 0.3 is 10.2 Å². The van der Waals surface area contributed by atoms with Crippen LogP contribution in [0.5, 0.6) is 0 Å². The van der Waals surface area contributed by atoms with Crippen LogP contribution in [0.15, 0.2) is 52.3 Å². The zero-order valence-corrected chi connectivity index (χ0v) is 22.4. The van der Waals surface area contributed by atoms with Gasteiger partial charge in [-0.1, -0.05) is 31.6 Å².